The fourth-order valence-corrected chi connectivity index (χ4v) is 2.18. The highest BCUT2D eigenvalue weighted by Crippen LogP contribution is 2.23. The van der Waals surface area contributed by atoms with E-state index in [2.05, 4.69) is 0 Å². The number of likely N-dealkylation sites (tertiary alicyclic amines) is 1. The van der Waals surface area contributed by atoms with Gasteiger partial charge in [-0.1, -0.05) is 0 Å². The number of ether oxygens (including phenoxy) is 2. The molecule has 0 aliphatic carbocycles. The van der Waals surface area contributed by atoms with Crippen molar-refractivity contribution < 1.29 is 19.1 Å². The molecule has 1 aliphatic heterocycles. The first-order valence-corrected chi connectivity index (χ1v) is 6.32. The molecule has 1 unspecified atom stereocenters. The number of rotatable bonds is 3. The first-order chi connectivity index (χ1) is 8.26. The van der Waals surface area contributed by atoms with Gasteiger partial charge in [0.05, 0.1) is 7.11 Å². The molecule has 0 aromatic rings. The Morgan fingerprint density at radius 3 is 2.44 bits per heavy atom. The zero-order chi connectivity index (χ0) is 13.9. The molecule has 0 N–H and O–H groups in total. The Morgan fingerprint density at radius 1 is 1.33 bits per heavy atom. The smallest absolute Gasteiger partial charge is 0.323 e. The van der Waals surface area contributed by atoms with E-state index in [1.54, 1.807) is 6.92 Å². The molecule has 0 amide bonds. The van der Waals surface area contributed by atoms with Crippen LogP contribution in [0.2, 0.25) is 0 Å². The van der Waals surface area contributed by atoms with Crippen LogP contribution in [0.15, 0.2) is 0 Å². The van der Waals surface area contributed by atoms with E-state index in [0.29, 0.717) is 0 Å². The number of carbonyl (C=O) groups excluding carboxylic acids is 2. The van der Waals surface area contributed by atoms with Gasteiger partial charge in [0.15, 0.2) is 0 Å². The van der Waals surface area contributed by atoms with E-state index in [-0.39, 0.29) is 18.0 Å². The van der Waals surface area contributed by atoms with Crippen LogP contribution in [0.5, 0.6) is 0 Å². The summed E-state index contributed by atoms with van der Waals surface area (Å²) in [6, 6.07) is -0.742. The zero-order valence-corrected chi connectivity index (χ0v) is 11.9. The Labute approximate surface area is 108 Å². The molecule has 1 saturated heterocycles. The second kappa shape index (κ2) is 5.69. The van der Waals surface area contributed by atoms with Crippen molar-refractivity contribution in [3.8, 4) is 0 Å². The van der Waals surface area contributed by atoms with Crippen molar-refractivity contribution in [2.45, 2.75) is 58.2 Å². The topological polar surface area (TPSA) is 55.8 Å². The molecule has 1 rings (SSSR count). The Morgan fingerprint density at radius 2 is 1.94 bits per heavy atom. The summed E-state index contributed by atoms with van der Waals surface area (Å²) >= 11 is 0. The largest absolute Gasteiger partial charge is 0.468 e. The summed E-state index contributed by atoms with van der Waals surface area (Å²) in [5.41, 5.74) is -0.500. The molecule has 5 nitrogen and oxygen atoms in total. The minimum absolute atomic E-state index is 0.254. The van der Waals surface area contributed by atoms with Crippen molar-refractivity contribution in [3.63, 3.8) is 0 Å². The van der Waals surface area contributed by atoms with Gasteiger partial charge < -0.3 is 9.47 Å². The van der Waals surface area contributed by atoms with Crippen LogP contribution in [0.1, 0.15) is 40.5 Å². The molecule has 0 saturated carbocycles. The Hall–Kier alpha value is -1.10. The average molecular weight is 257 g/mol. The van der Waals surface area contributed by atoms with Gasteiger partial charge in [0.1, 0.15) is 17.7 Å². The quantitative estimate of drug-likeness (QED) is 0.714. The van der Waals surface area contributed by atoms with Gasteiger partial charge in [0, 0.05) is 0 Å². The monoisotopic (exact) mass is 257 g/mol. The molecule has 5 heteroatoms. The van der Waals surface area contributed by atoms with E-state index in [9.17, 15) is 9.59 Å². The van der Waals surface area contributed by atoms with Gasteiger partial charge >= 0.3 is 11.9 Å². The number of hydrogen-bond donors (Lipinski definition) is 0. The van der Waals surface area contributed by atoms with E-state index in [1.165, 1.54) is 7.11 Å². The first-order valence-electron chi connectivity index (χ1n) is 6.32. The van der Waals surface area contributed by atoms with Crippen LogP contribution in [0.3, 0.4) is 0 Å². The molecule has 0 radical (unpaired) electrons. The molecule has 1 aliphatic rings. The maximum atomic E-state index is 12.1. The van der Waals surface area contributed by atoms with Crippen molar-refractivity contribution in [3.05, 3.63) is 0 Å². The lowest BCUT2D eigenvalue weighted by Crippen LogP contribution is -2.47. The lowest BCUT2D eigenvalue weighted by molar-refractivity contribution is -0.162. The van der Waals surface area contributed by atoms with Crippen molar-refractivity contribution in [2.24, 2.45) is 0 Å². The molecular weight excluding hydrogens is 234 g/mol. The van der Waals surface area contributed by atoms with Gasteiger partial charge in [-0.2, -0.15) is 0 Å². The first kappa shape index (κ1) is 15.0. The van der Waals surface area contributed by atoms with Gasteiger partial charge in [-0.15, -0.1) is 0 Å². The van der Waals surface area contributed by atoms with Crippen molar-refractivity contribution in [1.82, 2.24) is 4.90 Å². The predicted octanol–water partition coefficient (Wildman–Crippen LogP) is 1.35. The standard InChI is InChI=1S/C13H23NO4/c1-9(11(15)17-5)14-8-6-7-10(14)12(16)18-13(2,3)4/h9-10H,6-8H2,1-5H3/t9?,10-/m1/s1. The molecule has 0 aromatic carbocycles. The molecule has 0 bridgehead atoms. The highest BCUT2D eigenvalue weighted by Gasteiger charge is 2.38. The maximum Gasteiger partial charge on any atom is 0.323 e. The normalized spacial score (nSPS) is 22.6. The van der Waals surface area contributed by atoms with E-state index in [1.807, 2.05) is 25.7 Å². The highest BCUT2D eigenvalue weighted by molar-refractivity contribution is 5.80. The lowest BCUT2D eigenvalue weighted by Gasteiger charge is -2.30. The molecule has 1 heterocycles. The number of carbonyl (C=O) groups is 2. The van der Waals surface area contributed by atoms with Gasteiger partial charge in [0.2, 0.25) is 0 Å². The van der Waals surface area contributed by atoms with Crippen molar-refractivity contribution in [2.75, 3.05) is 13.7 Å². The Balaban J connectivity index is 2.70. The summed E-state index contributed by atoms with van der Waals surface area (Å²) in [7, 11) is 1.36. The summed E-state index contributed by atoms with van der Waals surface area (Å²) in [6.07, 6.45) is 1.63. The van der Waals surface area contributed by atoms with Crippen LogP contribution >= 0.6 is 0 Å². The van der Waals surface area contributed by atoms with Crippen LogP contribution in [-0.2, 0) is 19.1 Å². The molecule has 1 fully saturated rings. The van der Waals surface area contributed by atoms with E-state index < -0.39 is 11.6 Å². The third-order valence-electron chi connectivity index (χ3n) is 3.01. The predicted molar refractivity (Wildman–Crippen MR) is 67.1 cm³/mol. The lowest BCUT2D eigenvalue weighted by atomic mass is 10.1. The molecule has 2 atom stereocenters. The molecule has 0 spiro atoms. The van der Waals surface area contributed by atoms with Crippen LogP contribution in [-0.4, -0.2) is 48.2 Å². The summed E-state index contributed by atoms with van der Waals surface area (Å²) < 4.78 is 10.1. The van der Waals surface area contributed by atoms with Gasteiger partial charge in [0.25, 0.3) is 0 Å². The zero-order valence-electron chi connectivity index (χ0n) is 11.9. The number of nitrogens with zero attached hydrogens (tertiary/aromatic N) is 1. The molecule has 18 heavy (non-hydrogen) atoms. The van der Waals surface area contributed by atoms with E-state index >= 15 is 0 Å². The molecule has 104 valence electrons. The van der Waals surface area contributed by atoms with Crippen molar-refractivity contribution in [1.29, 1.82) is 0 Å². The number of esters is 2. The molecular formula is C13H23NO4. The van der Waals surface area contributed by atoms with Crippen molar-refractivity contribution >= 4 is 11.9 Å². The van der Waals surface area contributed by atoms with Gasteiger partial charge in [-0.05, 0) is 47.1 Å². The number of methoxy groups -OCH3 is 1. The van der Waals surface area contributed by atoms with Gasteiger partial charge in [-0.25, -0.2) is 0 Å². The van der Waals surface area contributed by atoms with Gasteiger partial charge in [-0.3, -0.25) is 14.5 Å². The minimum atomic E-state index is -0.500. The summed E-state index contributed by atoms with van der Waals surface area (Å²) in [6.45, 7) is 8.00. The fourth-order valence-electron chi connectivity index (χ4n) is 2.18. The molecule has 0 aromatic heterocycles. The SMILES string of the molecule is COC(=O)C(C)N1CCC[C@@H]1C(=O)OC(C)(C)C. The van der Waals surface area contributed by atoms with Crippen LogP contribution in [0, 0.1) is 0 Å². The third kappa shape index (κ3) is 3.70. The summed E-state index contributed by atoms with van der Waals surface area (Å²) in [4.78, 5) is 25.5. The second-order valence-electron chi connectivity index (χ2n) is 5.63. The summed E-state index contributed by atoms with van der Waals surface area (Å²) in [5.74, 6) is -0.568. The average Bonchev–Trinajstić information content (AvgIpc) is 2.73. The second-order valence-corrected chi connectivity index (χ2v) is 5.63. The van der Waals surface area contributed by atoms with Crippen LogP contribution < -0.4 is 0 Å². The van der Waals surface area contributed by atoms with Crippen LogP contribution in [0.4, 0.5) is 0 Å². The summed E-state index contributed by atoms with van der Waals surface area (Å²) in [5, 5.41) is 0. The Kier molecular flexibility index (Phi) is 4.73. The maximum absolute atomic E-state index is 12.1. The van der Waals surface area contributed by atoms with E-state index in [0.717, 1.165) is 19.4 Å². The third-order valence-corrected chi connectivity index (χ3v) is 3.01. The minimum Gasteiger partial charge on any atom is -0.468 e. The van der Waals surface area contributed by atoms with Crippen LogP contribution in [0.25, 0.3) is 0 Å². The highest BCUT2D eigenvalue weighted by atomic mass is 16.6. The van der Waals surface area contributed by atoms with E-state index in [4.69, 9.17) is 9.47 Å². The fraction of sp³-hybridized carbons (Fsp3) is 0.846. The Bertz CT molecular complexity index is 321. The number of hydrogen-bond acceptors (Lipinski definition) is 5.